The largest absolute Gasteiger partial charge is 0.510 e. The Morgan fingerprint density at radius 2 is 1.84 bits per heavy atom. The van der Waals surface area contributed by atoms with Crippen molar-refractivity contribution in [3.8, 4) is 12.1 Å². The summed E-state index contributed by atoms with van der Waals surface area (Å²) in [6, 6.07) is 15.2. The quantitative estimate of drug-likeness (QED) is 0.839. The summed E-state index contributed by atoms with van der Waals surface area (Å²) in [7, 11) is 0. The minimum atomic E-state index is -0.562. The Kier molecular flexibility index (Phi) is 4.11. The van der Waals surface area contributed by atoms with Gasteiger partial charge in [-0.3, -0.25) is 9.69 Å². The lowest BCUT2D eigenvalue weighted by molar-refractivity contribution is -0.113. The first-order chi connectivity index (χ1) is 12.0. The van der Waals surface area contributed by atoms with Crippen molar-refractivity contribution in [1.29, 1.82) is 10.5 Å². The van der Waals surface area contributed by atoms with E-state index in [1.165, 1.54) is 11.0 Å². The maximum absolute atomic E-state index is 12.3. The van der Waals surface area contributed by atoms with Crippen molar-refractivity contribution >= 4 is 17.3 Å². The highest BCUT2D eigenvalue weighted by atomic mass is 16.3. The molecule has 0 fully saturated rings. The molecule has 0 bridgehead atoms. The molecular formula is C19H14N4O2. The number of amides is 1. The number of nitrogens with two attached hydrogens (primary N) is 1. The van der Waals surface area contributed by atoms with E-state index in [9.17, 15) is 9.90 Å². The van der Waals surface area contributed by atoms with Crippen molar-refractivity contribution < 1.29 is 9.90 Å². The fourth-order valence-electron chi connectivity index (χ4n) is 2.82. The third kappa shape index (κ3) is 3.01. The lowest BCUT2D eigenvalue weighted by Gasteiger charge is -2.26. The molecule has 0 saturated carbocycles. The molecule has 0 spiro atoms. The summed E-state index contributed by atoms with van der Waals surface area (Å²) in [5, 5.41) is 28.0. The number of rotatable bonds is 3. The number of hydrogen-bond acceptors (Lipinski definition) is 5. The van der Waals surface area contributed by atoms with Crippen LogP contribution in [0.1, 0.15) is 16.7 Å². The molecule has 3 rings (SSSR count). The Morgan fingerprint density at radius 1 is 1.12 bits per heavy atom. The number of nitrogens with zero attached hydrogens (tertiary/aromatic N) is 3. The minimum Gasteiger partial charge on any atom is -0.510 e. The van der Waals surface area contributed by atoms with Gasteiger partial charge < -0.3 is 10.8 Å². The van der Waals surface area contributed by atoms with Crippen LogP contribution in [0.2, 0.25) is 0 Å². The molecule has 25 heavy (non-hydrogen) atoms. The third-order valence-corrected chi connectivity index (χ3v) is 4.11. The number of carbonyl (C=O) groups is 1. The van der Waals surface area contributed by atoms with E-state index in [0.717, 1.165) is 5.56 Å². The maximum Gasteiger partial charge on any atom is 0.255 e. The van der Waals surface area contributed by atoms with Gasteiger partial charge in [0.05, 0.1) is 28.9 Å². The average molecular weight is 330 g/mol. The summed E-state index contributed by atoms with van der Waals surface area (Å²) in [5.74, 6) is -0.377. The van der Waals surface area contributed by atoms with Crippen LogP contribution in [-0.2, 0) is 11.2 Å². The van der Waals surface area contributed by atoms with Gasteiger partial charge in [0.2, 0.25) is 0 Å². The standard InChI is InChI=1S/C19H14N4O2/c20-10-13-3-1-12(2-4-13)7-17-18(24)9-19(25)23(17)15-6-5-14(11-21)16(22)8-15/h1-6,8-9,17,24H,7,22H2. The number of nitriles is 2. The predicted octanol–water partition coefficient (Wildman–Crippen LogP) is 2.41. The van der Waals surface area contributed by atoms with Crippen LogP contribution in [0.25, 0.3) is 0 Å². The normalized spacial score (nSPS) is 16.2. The van der Waals surface area contributed by atoms with Gasteiger partial charge in [0.25, 0.3) is 5.91 Å². The minimum absolute atomic E-state index is 0.0303. The van der Waals surface area contributed by atoms with E-state index in [2.05, 4.69) is 0 Å². The van der Waals surface area contributed by atoms with Crippen LogP contribution in [0.5, 0.6) is 0 Å². The molecule has 3 N–H and O–H groups in total. The van der Waals surface area contributed by atoms with Crippen molar-refractivity contribution in [2.24, 2.45) is 0 Å². The van der Waals surface area contributed by atoms with Crippen molar-refractivity contribution in [3.63, 3.8) is 0 Å². The molecule has 0 aromatic heterocycles. The number of anilines is 2. The number of hydrogen-bond donors (Lipinski definition) is 2. The summed E-state index contributed by atoms with van der Waals surface area (Å²) in [6.45, 7) is 0. The van der Waals surface area contributed by atoms with E-state index >= 15 is 0 Å². The SMILES string of the molecule is N#Cc1ccc(CC2C(O)=CC(=O)N2c2ccc(C#N)c(N)c2)cc1. The Morgan fingerprint density at radius 3 is 2.44 bits per heavy atom. The second-order valence-electron chi connectivity index (χ2n) is 5.69. The van der Waals surface area contributed by atoms with Gasteiger partial charge in [-0.15, -0.1) is 0 Å². The Hall–Kier alpha value is -3.77. The molecule has 6 heteroatoms. The smallest absolute Gasteiger partial charge is 0.255 e. The summed E-state index contributed by atoms with van der Waals surface area (Å²) in [6.07, 6.45) is 1.57. The Balaban J connectivity index is 1.92. The topological polar surface area (TPSA) is 114 Å². The van der Waals surface area contributed by atoms with Crippen LogP contribution in [0.3, 0.4) is 0 Å². The van der Waals surface area contributed by atoms with Gasteiger partial charge in [0.15, 0.2) is 0 Å². The number of carbonyl (C=O) groups excluding carboxylic acids is 1. The number of aliphatic hydroxyl groups excluding tert-OH is 1. The molecule has 1 amide bonds. The molecule has 6 nitrogen and oxygen atoms in total. The molecule has 2 aromatic carbocycles. The van der Waals surface area contributed by atoms with E-state index in [1.54, 1.807) is 42.5 Å². The highest BCUT2D eigenvalue weighted by Gasteiger charge is 2.34. The molecular weight excluding hydrogens is 316 g/mol. The summed E-state index contributed by atoms with van der Waals surface area (Å²) >= 11 is 0. The molecule has 0 radical (unpaired) electrons. The van der Waals surface area contributed by atoms with Crippen molar-refractivity contribution in [3.05, 3.63) is 71.0 Å². The van der Waals surface area contributed by atoms with Crippen LogP contribution in [0.15, 0.2) is 54.3 Å². The van der Waals surface area contributed by atoms with Gasteiger partial charge >= 0.3 is 0 Å². The van der Waals surface area contributed by atoms with Crippen LogP contribution >= 0.6 is 0 Å². The van der Waals surface area contributed by atoms with Gasteiger partial charge in [0, 0.05) is 18.2 Å². The van der Waals surface area contributed by atoms with E-state index < -0.39 is 6.04 Å². The zero-order chi connectivity index (χ0) is 18.0. The van der Waals surface area contributed by atoms with E-state index in [0.29, 0.717) is 23.2 Å². The van der Waals surface area contributed by atoms with Crippen molar-refractivity contribution in [2.45, 2.75) is 12.5 Å². The highest BCUT2D eigenvalue weighted by Crippen LogP contribution is 2.30. The molecule has 2 aromatic rings. The van der Waals surface area contributed by atoms with Crippen LogP contribution in [-0.4, -0.2) is 17.1 Å². The van der Waals surface area contributed by atoms with Crippen LogP contribution < -0.4 is 10.6 Å². The Bertz CT molecular complexity index is 949. The number of nitrogen functional groups attached to an aromatic ring is 1. The van der Waals surface area contributed by atoms with Crippen molar-refractivity contribution in [2.75, 3.05) is 10.6 Å². The third-order valence-electron chi connectivity index (χ3n) is 4.11. The van der Waals surface area contributed by atoms with Crippen molar-refractivity contribution in [1.82, 2.24) is 0 Å². The fourth-order valence-corrected chi connectivity index (χ4v) is 2.82. The van der Waals surface area contributed by atoms with Crippen LogP contribution in [0, 0.1) is 22.7 Å². The lowest BCUT2D eigenvalue weighted by atomic mass is 10.0. The molecule has 1 heterocycles. The molecule has 1 aliphatic rings. The summed E-state index contributed by atoms with van der Waals surface area (Å²) < 4.78 is 0. The van der Waals surface area contributed by atoms with Gasteiger partial charge in [-0.05, 0) is 35.9 Å². The first kappa shape index (κ1) is 16.1. The molecule has 1 atom stereocenters. The van der Waals surface area contributed by atoms with Gasteiger partial charge in [-0.1, -0.05) is 12.1 Å². The average Bonchev–Trinajstić information content (AvgIpc) is 2.89. The summed E-state index contributed by atoms with van der Waals surface area (Å²) in [4.78, 5) is 13.7. The second-order valence-corrected chi connectivity index (χ2v) is 5.69. The van der Waals surface area contributed by atoms with E-state index in [1.807, 2.05) is 12.1 Å². The van der Waals surface area contributed by atoms with Gasteiger partial charge in [0.1, 0.15) is 11.8 Å². The first-order valence-electron chi connectivity index (χ1n) is 7.56. The molecule has 0 saturated heterocycles. The first-order valence-corrected chi connectivity index (χ1v) is 7.56. The Labute approximate surface area is 144 Å². The number of aliphatic hydroxyl groups is 1. The molecule has 1 aliphatic heterocycles. The van der Waals surface area contributed by atoms with Gasteiger partial charge in [-0.25, -0.2) is 0 Å². The molecule has 122 valence electrons. The second kappa shape index (κ2) is 6.38. The zero-order valence-corrected chi connectivity index (χ0v) is 13.2. The predicted molar refractivity (Wildman–Crippen MR) is 92.4 cm³/mol. The fraction of sp³-hybridized carbons (Fsp3) is 0.105. The maximum atomic E-state index is 12.3. The monoisotopic (exact) mass is 330 g/mol. The highest BCUT2D eigenvalue weighted by molar-refractivity contribution is 6.05. The van der Waals surface area contributed by atoms with E-state index in [-0.39, 0.29) is 17.4 Å². The molecule has 1 unspecified atom stereocenters. The summed E-state index contributed by atoms with van der Waals surface area (Å²) in [5.41, 5.74) is 8.38. The lowest BCUT2D eigenvalue weighted by Crippen LogP contribution is -2.37. The van der Waals surface area contributed by atoms with Crippen LogP contribution in [0.4, 0.5) is 11.4 Å². The molecule has 0 aliphatic carbocycles. The van der Waals surface area contributed by atoms with E-state index in [4.69, 9.17) is 16.3 Å². The zero-order valence-electron chi connectivity index (χ0n) is 13.2. The van der Waals surface area contributed by atoms with Gasteiger partial charge in [-0.2, -0.15) is 10.5 Å². The number of benzene rings is 2.